The lowest BCUT2D eigenvalue weighted by molar-refractivity contribution is -0.0928. The molecule has 2 rings (SSSR count). The molecule has 1 saturated heterocycles. The van der Waals surface area contributed by atoms with Gasteiger partial charge in [0, 0.05) is 18.8 Å². The summed E-state index contributed by atoms with van der Waals surface area (Å²) >= 11 is 0. The molecule has 4 heteroatoms. The first kappa shape index (κ1) is 14.3. The lowest BCUT2D eigenvalue weighted by Gasteiger charge is -2.39. The molecule has 1 N–H and O–H groups in total. The zero-order chi connectivity index (χ0) is 14.0. The number of aromatic nitrogens is 1. The summed E-state index contributed by atoms with van der Waals surface area (Å²) in [6, 6.07) is 4.18. The number of hydrogen-bond donors (Lipinski definition) is 1. The highest BCUT2D eigenvalue weighted by molar-refractivity contribution is 5.45. The van der Waals surface area contributed by atoms with Crippen molar-refractivity contribution in [2.24, 2.45) is 0 Å². The monoisotopic (exact) mass is 264 g/mol. The second-order valence-electron chi connectivity index (χ2n) is 6.06. The number of hydrogen-bond acceptors (Lipinski definition) is 4. The van der Waals surface area contributed by atoms with E-state index in [2.05, 4.69) is 35.9 Å². The van der Waals surface area contributed by atoms with Crippen LogP contribution in [0.4, 0.5) is 5.69 Å². The molecule has 1 aliphatic rings. The molecule has 0 amide bonds. The molecule has 106 valence electrons. The molecular weight excluding hydrogens is 240 g/mol. The summed E-state index contributed by atoms with van der Waals surface area (Å²) in [5.41, 5.74) is 1.39. The number of ether oxygens (including phenoxy) is 1. The summed E-state index contributed by atoms with van der Waals surface area (Å²) < 4.78 is 5.64. The number of anilines is 1. The minimum Gasteiger partial charge on any atom is -0.388 e. The highest BCUT2D eigenvalue weighted by Crippen LogP contribution is 2.23. The van der Waals surface area contributed by atoms with E-state index in [4.69, 9.17) is 4.74 Å². The summed E-state index contributed by atoms with van der Waals surface area (Å²) in [4.78, 5) is 6.72. The van der Waals surface area contributed by atoms with Crippen molar-refractivity contribution >= 4 is 5.69 Å². The molecule has 1 unspecified atom stereocenters. The third-order valence-corrected chi connectivity index (χ3v) is 3.58. The third-order valence-electron chi connectivity index (χ3n) is 3.58. The molecule has 4 nitrogen and oxygen atoms in total. The van der Waals surface area contributed by atoms with Crippen LogP contribution in [0.5, 0.6) is 0 Å². The molecule has 0 aromatic carbocycles. The summed E-state index contributed by atoms with van der Waals surface area (Å²) in [5.74, 6) is 0.447. The van der Waals surface area contributed by atoms with E-state index in [0.29, 0.717) is 19.1 Å². The fraction of sp³-hybridized carbons (Fsp3) is 0.667. The first-order valence-corrected chi connectivity index (χ1v) is 6.93. The van der Waals surface area contributed by atoms with Crippen LogP contribution in [0, 0.1) is 0 Å². The van der Waals surface area contributed by atoms with E-state index >= 15 is 0 Å². The molecule has 0 spiro atoms. The van der Waals surface area contributed by atoms with Gasteiger partial charge in [-0.15, -0.1) is 0 Å². The average Bonchev–Trinajstić information content (AvgIpc) is 2.38. The Hall–Kier alpha value is -1.13. The number of rotatable bonds is 3. The highest BCUT2D eigenvalue weighted by Gasteiger charge is 2.32. The lowest BCUT2D eigenvalue weighted by atomic mass is 10.00. The number of nitrogens with zero attached hydrogens (tertiary/aromatic N) is 2. The summed E-state index contributed by atoms with van der Waals surface area (Å²) in [6.45, 7) is 10.0. The van der Waals surface area contributed by atoms with Gasteiger partial charge >= 0.3 is 0 Å². The third kappa shape index (κ3) is 3.45. The molecule has 19 heavy (non-hydrogen) atoms. The van der Waals surface area contributed by atoms with Crippen LogP contribution in [0.2, 0.25) is 0 Å². The van der Waals surface area contributed by atoms with Crippen LogP contribution in [0.3, 0.4) is 0 Å². The Kier molecular flexibility index (Phi) is 4.11. The largest absolute Gasteiger partial charge is 0.388 e. The Labute approximate surface area is 115 Å². The molecule has 0 radical (unpaired) electrons. The van der Waals surface area contributed by atoms with Crippen molar-refractivity contribution in [2.75, 3.05) is 24.6 Å². The summed E-state index contributed by atoms with van der Waals surface area (Å²) in [6.07, 6.45) is 1.76. The topological polar surface area (TPSA) is 45.6 Å². The Balaban J connectivity index is 2.09. The number of aliphatic hydroxyl groups is 1. The summed E-state index contributed by atoms with van der Waals surface area (Å²) in [7, 11) is 0. The van der Waals surface area contributed by atoms with Gasteiger partial charge in [0.15, 0.2) is 0 Å². The van der Waals surface area contributed by atoms with E-state index in [0.717, 1.165) is 17.9 Å². The molecule has 1 aromatic heterocycles. The van der Waals surface area contributed by atoms with Crippen molar-refractivity contribution < 1.29 is 9.84 Å². The van der Waals surface area contributed by atoms with E-state index in [1.54, 1.807) is 13.8 Å². The molecule has 0 aliphatic carbocycles. The standard InChI is InChI=1S/C15H24N2O2/c1-11(2)13-6-5-12(9-16-13)17-7-8-19-14(10-17)15(3,4)18/h5-6,9,11,14,18H,7-8,10H2,1-4H3. The van der Waals surface area contributed by atoms with E-state index in [-0.39, 0.29) is 6.10 Å². The van der Waals surface area contributed by atoms with Gasteiger partial charge in [-0.05, 0) is 31.9 Å². The van der Waals surface area contributed by atoms with Gasteiger partial charge in [0.1, 0.15) is 6.10 Å². The maximum Gasteiger partial charge on any atom is 0.103 e. The van der Waals surface area contributed by atoms with Gasteiger partial charge in [0.2, 0.25) is 0 Å². The predicted octanol–water partition coefficient (Wildman–Crippen LogP) is 2.18. The Morgan fingerprint density at radius 3 is 2.68 bits per heavy atom. The molecule has 0 saturated carbocycles. The van der Waals surface area contributed by atoms with Gasteiger partial charge in [0.05, 0.1) is 24.1 Å². The quantitative estimate of drug-likeness (QED) is 0.909. The normalized spacial score (nSPS) is 20.9. The Bertz CT molecular complexity index is 409. The minimum atomic E-state index is -0.816. The maximum atomic E-state index is 10.1. The number of morpholine rings is 1. The molecule has 1 atom stereocenters. The van der Waals surface area contributed by atoms with Crippen LogP contribution in [-0.4, -0.2) is 41.5 Å². The van der Waals surface area contributed by atoms with Crippen LogP contribution < -0.4 is 4.90 Å². The highest BCUT2D eigenvalue weighted by atomic mass is 16.5. The van der Waals surface area contributed by atoms with Gasteiger partial charge in [-0.25, -0.2) is 0 Å². The Morgan fingerprint density at radius 1 is 1.42 bits per heavy atom. The fourth-order valence-corrected chi connectivity index (χ4v) is 2.24. The van der Waals surface area contributed by atoms with E-state index < -0.39 is 5.60 Å². The fourth-order valence-electron chi connectivity index (χ4n) is 2.24. The van der Waals surface area contributed by atoms with Crippen LogP contribution in [0.25, 0.3) is 0 Å². The zero-order valence-electron chi connectivity index (χ0n) is 12.3. The first-order chi connectivity index (χ1) is 8.88. The molecule has 2 heterocycles. The lowest BCUT2D eigenvalue weighted by Crippen LogP contribution is -2.52. The minimum absolute atomic E-state index is 0.161. The van der Waals surface area contributed by atoms with Crippen molar-refractivity contribution in [3.05, 3.63) is 24.0 Å². The van der Waals surface area contributed by atoms with Gasteiger partial charge in [-0.1, -0.05) is 13.8 Å². The van der Waals surface area contributed by atoms with Crippen molar-refractivity contribution in [2.45, 2.75) is 45.3 Å². The van der Waals surface area contributed by atoms with Gasteiger partial charge < -0.3 is 14.7 Å². The first-order valence-electron chi connectivity index (χ1n) is 6.93. The number of pyridine rings is 1. The SMILES string of the molecule is CC(C)c1ccc(N2CCOC(C(C)(C)O)C2)cn1. The van der Waals surface area contributed by atoms with Crippen LogP contribution in [0.1, 0.15) is 39.3 Å². The van der Waals surface area contributed by atoms with E-state index in [1.807, 2.05) is 6.20 Å². The predicted molar refractivity (Wildman–Crippen MR) is 76.6 cm³/mol. The molecule has 1 fully saturated rings. The van der Waals surface area contributed by atoms with Gasteiger partial charge in [-0.2, -0.15) is 0 Å². The average molecular weight is 264 g/mol. The molecule has 1 aromatic rings. The van der Waals surface area contributed by atoms with Crippen molar-refractivity contribution in [1.29, 1.82) is 0 Å². The van der Waals surface area contributed by atoms with E-state index in [1.165, 1.54) is 0 Å². The van der Waals surface area contributed by atoms with Crippen molar-refractivity contribution in [3.8, 4) is 0 Å². The van der Waals surface area contributed by atoms with Crippen LogP contribution >= 0.6 is 0 Å². The Morgan fingerprint density at radius 2 is 2.16 bits per heavy atom. The van der Waals surface area contributed by atoms with Gasteiger partial charge in [0.25, 0.3) is 0 Å². The van der Waals surface area contributed by atoms with Crippen LogP contribution in [0.15, 0.2) is 18.3 Å². The molecular formula is C15H24N2O2. The molecule has 1 aliphatic heterocycles. The smallest absolute Gasteiger partial charge is 0.103 e. The molecule has 0 bridgehead atoms. The van der Waals surface area contributed by atoms with E-state index in [9.17, 15) is 5.11 Å². The second kappa shape index (κ2) is 5.47. The van der Waals surface area contributed by atoms with Crippen molar-refractivity contribution in [3.63, 3.8) is 0 Å². The second-order valence-corrected chi connectivity index (χ2v) is 6.06. The van der Waals surface area contributed by atoms with Crippen molar-refractivity contribution in [1.82, 2.24) is 4.98 Å². The maximum absolute atomic E-state index is 10.1. The summed E-state index contributed by atoms with van der Waals surface area (Å²) in [5, 5.41) is 10.1. The van der Waals surface area contributed by atoms with Crippen LogP contribution in [-0.2, 0) is 4.74 Å². The zero-order valence-corrected chi connectivity index (χ0v) is 12.3. The van der Waals surface area contributed by atoms with Gasteiger partial charge in [-0.3, -0.25) is 4.98 Å².